The topological polar surface area (TPSA) is 71.1 Å². The molecule has 2 heterocycles. The highest BCUT2D eigenvalue weighted by molar-refractivity contribution is 8.00. The van der Waals surface area contributed by atoms with Crippen molar-refractivity contribution in [2.45, 2.75) is 23.5 Å². The lowest BCUT2D eigenvalue weighted by Gasteiger charge is -2.21. The van der Waals surface area contributed by atoms with E-state index >= 15 is 0 Å². The van der Waals surface area contributed by atoms with Crippen LogP contribution >= 0.6 is 23.1 Å². The van der Waals surface area contributed by atoms with Gasteiger partial charge in [-0.05, 0) is 37.3 Å². The number of carbonyl (C=O) groups is 2. The van der Waals surface area contributed by atoms with Crippen LogP contribution in [0.3, 0.4) is 0 Å². The molecule has 3 aromatic rings. The maximum absolute atomic E-state index is 12.4. The van der Waals surface area contributed by atoms with Crippen LogP contribution in [-0.2, 0) is 11.2 Å². The fourth-order valence-corrected chi connectivity index (χ4v) is 4.66. The number of carbonyl (C=O) groups excluding carboxylic acids is 2. The summed E-state index contributed by atoms with van der Waals surface area (Å²) in [6, 6.07) is 13.4. The monoisotopic (exact) mass is 383 g/mol. The maximum Gasteiger partial charge on any atom is 0.251 e. The fraction of sp³-hybridized carbons (Fsp3) is 0.211. The molecule has 2 amide bonds. The summed E-state index contributed by atoms with van der Waals surface area (Å²) in [6.45, 7) is 2.39. The van der Waals surface area contributed by atoms with Gasteiger partial charge in [0.15, 0.2) is 0 Å². The van der Waals surface area contributed by atoms with Gasteiger partial charge < -0.3 is 10.6 Å². The number of hydrogen-bond acceptors (Lipinski definition) is 5. The number of aromatic nitrogens is 1. The minimum atomic E-state index is -0.146. The van der Waals surface area contributed by atoms with E-state index in [0.29, 0.717) is 24.2 Å². The number of nitrogens with zero attached hydrogens (tertiary/aromatic N) is 1. The molecule has 0 aliphatic carbocycles. The quantitative estimate of drug-likeness (QED) is 0.721. The van der Waals surface area contributed by atoms with Gasteiger partial charge in [0.25, 0.3) is 5.91 Å². The number of rotatable bonds is 4. The number of fused-ring (bicyclic) bond motifs is 2. The molecule has 0 saturated heterocycles. The highest BCUT2D eigenvalue weighted by atomic mass is 32.2. The van der Waals surface area contributed by atoms with Gasteiger partial charge in [-0.3, -0.25) is 9.59 Å². The van der Waals surface area contributed by atoms with E-state index in [0.717, 1.165) is 20.1 Å². The molecule has 132 valence electrons. The Kier molecular flexibility index (Phi) is 4.65. The van der Waals surface area contributed by atoms with Crippen molar-refractivity contribution in [3.8, 4) is 0 Å². The SMILES string of the molecule is CC1Sc2ccc(C(=O)NCCc3nc4ccccc4s3)cc2NC1=O. The summed E-state index contributed by atoms with van der Waals surface area (Å²) in [5, 5.41) is 6.67. The molecule has 1 aliphatic rings. The molecule has 0 spiro atoms. The lowest BCUT2D eigenvalue weighted by Crippen LogP contribution is -2.28. The van der Waals surface area contributed by atoms with Gasteiger partial charge in [-0.1, -0.05) is 12.1 Å². The van der Waals surface area contributed by atoms with Crippen molar-refractivity contribution in [3.63, 3.8) is 0 Å². The second kappa shape index (κ2) is 7.09. The van der Waals surface area contributed by atoms with Crippen molar-refractivity contribution < 1.29 is 9.59 Å². The molecule has 2 aromatic carbocycles. The Labute approximate surface area is 159 Å². The zero-order chi connectivity index (χ0) is 18.1. The molecule has 0 bridgehead atoms. The van der Waals surface area contributed by atoms with Gasteiger partial charge in [0, 0.05) is 23.4 Å². The Morgan fingerprint density at radius 3 is 2.96 bits per heavy atom. The zero-order valence-electron chi connectivity index (χ0n) is 14.1. The highest BCUT2D eigenvalue weighted by Gasteiger charge is 2.23. The number of para-hydroxylation sites is 1. The molecule has 5 nitrogen and oxygen atoms in total. The van der Waals surface area contributed by atoms with E-state index in [1.807, 2.05) is 31.2 Å². The van der Waals surface area contributed by atoms with Crippen LogP contribution in [-0.4, -0.2) is 28.6 Å². The molecular weight excluding hydrogens is 366 g/mol. The van der Waals surface area contributed by atoms with Gasteiger partial charge in [-0.25, -0.2) is 4.98 Å². The first-order chi connectivity index (χ1) is 12.6. The van der Waals surface area contributed by atoms with Gasteiger partial charge in [0.2, 0.25) is 5.91 Å². The third-order valence-electron chi connectivity index (χ3n) is 4.14. The summed E-state index contributed by atoms with van der Waals surface area (Å²) in [7, 11) is 0. The van der Waals surface area contributed by atoms with Crippen molar-refractivity contribution >= 4 is 50.8 Å². The summed E-state index contributed by atoms with van der Waals surface area (Å²) in [4.78, 5) is 29.8. The van der Waals surface area contributed by atoms with Crippen LogP contribution < -0.4 is 10.6 Å². The number of amides is 2. The van der Waals surface area contributed by atoms with Crippen LogP contribution in [0, 0.1) is 0 Å². The van der Waals surface area contributed by atoms with Gasteiger partial charge >= 0.3 is 0 Å². The number of benzene rings is 2. The highest BCUT2D eigenvalue weighted by Crippen LogP contribution is 2.35. The number of thiazole rings is 1. The summed E-state index contributed by atoms with van der Waals surface area (Å²) in [5.74, 6) is -0.178. The van der Waals surface area contributed by atoms with Gasteiger partial charge in [-0.2, -0.15) is 0 Å². The van der Waals surface area contributed by atoms with Crippen LogP contribution in [0.1, 0.15) is 22.3 Å². The molecule has 26 heavy (non-hydrogen) atoms. The van der Waals surface area contributed by atoms with Crippen molar-refractivity contribution in [1.29, 1.82) is 0 Å². The Morgan fingerprint density at radius 1 is 1.27 bits per heavy atom. The van der Waals surface area contributed by atoms with Crippen LogP contribution in [0.2, 0.25) is 0 Å². The van der Waals surface area contributed by atoms with Gasteiger partial charge in [0.1, 0.15) is 0 Å². The number of hydrogen-bond donors (Lipinski definition) is 2. The van der Waals surface area contributed by atoms with E-state index < -0.39 is 0 Å². The first-order valence-corrected chi connectivity index (χ1v) is 10.0. The van der Waals surface area contributed by atoms with Crippen LogP contribution in [0.5, 0.6) is 0 Å². The molecule has 2 N–H and O–H groups in total. The Bertz CT molecular complexity index is 966. The van der Waals surface area contributed by atoms with E-state index in [-0.39, 0.29) is 17.1 Å². The minimum Gasteiger partial charge on any atom is -0.352 e. The predicted molar refractivity (Wildman–Crippen MR) is 106 cm³/mol. The van der Waals surface area contributed by atoms with Crippen molar-refractivity contribution in [3.05, 3.63) is 53.0 Å². The summed E-state index contributed by atoms with van der Waals surface area (Å²) in [6.07, 6.45) is 0.695. The lowest BCUT2D eigenvalue weighted by molar-refractivity contribution is -0.115. The van der Waals surface area contributed by atoms with E-state index in [2.05, 4.69) is 21.7 Å². The molecule has 0 radical (unpaired) electrons. The fourth-order valence-electron chi connectivity index (χ4n) is 2.76. The Morgan fingerprint density at radius 2 is 2.12 bits per heavy atom. The summed E-state index contributed by atoms with van der Waals surface area (Å²) in [5.41, 5.74) is 2.25. The maximum atomic E-state index is 12.4. The average Bonchev–Trinajstić information content (AvgIpc) is 3.05. The lowest BCUT2D eigenvalue weighted by atomic mass is 10.1. The smallest absolute Gasteiger partial charge is 0.251 e. The predicted octanol–water partition coefficient (Wildman–Crippen LogP) is 3.70. The Hall–Kier alpha value is -2.38. The number of nitrogens with one attached hydrogen (secondary N) is 2. The molecule has 1 unspecified atom stereocenters. The van der Waals surface area contributed by atoms with E-state index in [9.17, 15) is 9.59 Å². The van der Waals surface area contributed by atoms with Gasteiger partial charge in [-0.15, -0.1) is 23.1 Å². The Balaban J connectivity index is 1.39. The van der Waals surface area contributed by atoms with Crippen LogP contribution in [0.15, 0.2) is 47.4 Å². The third-order valence-corrected chi connectivity index (χ3v) is 6.41. The van der Waals surface area contributed by atoms with Crippen molar-refractivity contribution in [2.24, 2.45) is 0 Å². The molecule has 7 heteroatoms. The van der Waals surface area contributed by atoms with Crippen LogP contribution in [0.4, 0.5) is 5.69 Å². The van der Waals surface area contributed by atoms with Crippen LogP contribution in [0.25, 0.3) is 10.2 Å². The second-order valence-electron chi connectivity index (χ2n) is 6.04. The van der Waals surface area contributed by atoms with E-state index in [1.54, 1.807) is 23.5 Å². The largest absolute Gasteiger partial charge is 0.352 e. The first kappa shape index (κ1) is 17.1. The molecule has 1 aliphatic heterocycles. The summed E-state index contributed by atoms with van der Waals surface area (Å²) >= 11 is 3.16. The average molecular weight is 383 g/mol. The number of anilines is 1. The molecule has 4 rings (SSSR count). The molecule has 0 fully saturated rings. The molecule has 1 atom stereocenters. The minimum absolute atomic E-state index is 0.0316. The normalized spacial score (nSPS) is 16.2. The van der Waals surface area contributed by atoms with Crippen molar-refractivity contribution in [2.75, 3.05) is 11.9 Å². The second-order valence-corrected chi connectivity index (χ2v) is 8.54. The molecule has 1 aromatic heterocycles. The number of thioether (sulfide) groups is 1. The summed E-state index contributed by atoms with van der Waals surface area (Å²) < 4.78 is 1.16. The van der Waals surface area contributed by atoms with E-state index in [4.69, 9.17) is 0 Å². The molecular formula is C19H17N3O2S2. The van der Waals surface area contributed by atoms with Gasteiger partial charge in [0.05, 0.1) is 26.2 Å². The van der Waals surface area contributed by atoms with Crippen molar-refractivity contribution in [1.82, 2.24) is 10.3 Å². The standard InChI is InChI=1S/C19H17N3O2S2/c1-11-18(23)22-14-10-12(6-7-16(14)25-11)19(24)20-9-8-17-21-13-4-2-3-5-15(13)26-17/h2-7,10-11H,8-9H2,1H3,(H,20,24)(H,22,23). The third kappa shape index (κ3) is 3.45. The molecule has 0 saturated carbocycles. The zero-order valence-corrected chi connectivity index (χ0v) is 15.7. The first-order valence-electron chi connectivity index (χ1n) is 8.34. The van der Waals surface area contributed by atoms with E-state index in [1.165, 1.54) is 11.8 Å².